The van der Waals surface area contributed by atoms with Crippen LogP contribution >= 0.6 is 0 Å². The molecule has 2 heteroatoms. The van der Waals surface area contributed by atoms with E-state index in [0.29, 0.717) is 11.0 Å². The van der Waals surface area contributed by atoms with Gasteiger partial charge in [-0.1, -0.05) is 30.3 Å². The summed E-state index contributed by atoms with van der Waals surface area (Å²) in [6.45, 7) is 5.11. The number of likely N-dealkylation sites (tertiary alicyclic amines) is 1. The van der Waals surface area contributed by atoms with Gasteiger partial charge in [0.2, 0.25) is 0 Å². The van der Waals surface area contributed by atoms with Crippen LogP contribution in [0.1, 0.15) is 44.1 Å². The Morgan fingerprint density at radius 1 is 0.900 bits per heavy atom. The van der Waals surface area contributed by atoms with Crippen LogP contribution in [0, 0.1) is 5.41 Å². The van der Waals surface area contributed by atoms with Crippen LogP contribution in [-0.4, -0.2) is 31.1 Å². The average Bonchev–Trinajstić information content (AvgIpc) is 2.90. The lowest BCUT2D eigenvalue weighted by atomic mass is 9.63. The van der Waals surface area contributed by atoms with E-state index in [1.165, 1.54) is 64.7 Å². The summed E-state index contributed by atoms with van der Waals surface area (Å²) in [6, 6.07) is 11.3. The molecule has 0 atom stereocenters. The number of hydrogen-bond donors (Lipinski definition) is 1. The summed E-state index contributed by atoms with van der Waals surface area (Å²) in [7, 11) is 0. The molecule has 1 spiro atoms. The van der Waals surface area contributed by atoms with Crippen LogP contribution in [-0.2, 0) is 5.54 Å². The Morgan fingerprint density at radius 3 is 2.20 bits per heavy atom. The second-order valence-corrected chi connectivity index (χ2v) is 7.16. The summed E-state index contributed by atoms with van der Waals surface area (Å²) in [5.74, 6) is 0. The van der Waals surface area contributed by atoms with Crippen molar-refractivity contribution < 1.29 is 0 Å². The lowest BCUT2D eigenvalue weighted by Crippen LogP contribution is -2.55. The fraction of sp³-hybridized carbons (Fsp3) is 0.667. The molecule has 1 aliphatic carbocycles. The van der Waals surface area contributed by atoms with Crippen LogP contribution in [0.2, 0.25) is 0 Å². The van der Waals surface area contributed by atoms with E-state index in [-0.39, 0.29) is 0 Å². The van der Waals surface area contributed by atoms with Gasteiger partial charge in [-0.25, -0.2) is 0 Å². The third kappa shape index (κ3) is 1.93. The molecule has 4 rings (SSSR count). The molecule has 0 bridgehead atoms. The smallest absolute Gasteiger partial charge is 0.0461 e. The SMILES string of the molecule is c1ccc(C2(N3CCC3)CCC3(CCNC3)CC2)cc1. The standard InChI is InChI=1S/C18H26N2/c1-2-5-16(6-3-1)18(20-13-4-14-20)9-7-17(8-10-18)11-12-19-15-17/h1-3,5-6,19H,4,7-15H2. The fourth-order valence-electron chi connectivity index (χ4n) is 4.70. The van der Waals surface area contributed by atoms with Crippen LogP contribution in [0.4, 0.5) is 0 Å². The average molecular weight is 270 g/mol. The van der Waals surface area contributed by atoms with E-state index >= 15 is 0 Å². The highest BCUT2D eigenvalue weighted by Gasteiger charge is 2.48. The molecule has 3 aliphatic rings. The molecule has 3 fully saturated rings. The third-order valence-corrected chi connectivity index (χ3v) is 6.24. The van der Waals surface area contributed by atoms with Gasteiger partial charge in [-0.05, 0) is 56.0 Å². The molecule has 2 nitrogen and oxygen atoms in total. The topological polar surface area (TPSA) is 15.3 Å². The zero-order valence-electron chi connectivity index (χ0n) is 12.4. The lowest BCUT2D eigenvalue weighted by Gasteiger charge is -2.54. The summed E-state index contributed by atoms with van der Waals surface area (Å²) in [6.07, 6.45) is 8.33. The van der Waals surface area contributed by atoms with Crippen LogP contribution in [0.5, 0.6) is 0 Å². The summed E-state index contributed by atoms with van der Waals surface area (Å²) in [4.78, 5) is 2.76. The van der Waals surface area contributed by atoms with Crippen molar-refractivity contribution in [2.45, 2.75) is 44.1 Å². The van der Waals surface area contributed by atoms with Gasteiger partial charge in [-0.15, -0.1) is 0 Å². The van der Waals surface area contributed by atoms with E-state index < -0.39 is 0 Å². The van der Waals surface area contributed by atoms with Gasteiger partial charge in [-0.3, -0.25) is 4.90 Å². The Balaban J connectivity index is 1.61. The molecule has 0 aromatic heterocycles. The molecular weight excluding hydrogens is 244 g/mol. The van der Waals surface area contributed by atoms with Gasteiger partial charge in [0.05, 0.1) is 0 Å². The molecule has 1 N–H and O–H groups in total. The van der Waals surface area contributed by atoms with Crippen molar-refractivity contribution in [2.75, 3.05) is 26.2 Å². The molecular formula is C18H26N2. The quantitative estimate of drug-likeness (QED) is 0.888. The van der Waals surface area contributed by atoms with Crippen LogP contribution in [0.3, 0.4) is 0 Å². The number of benzene rings is 1. The predicted molar refractivity (Wildman–Crippen MR) is 82.7 cm³/mol. The van der Waals surface area contributed by atoms with Crippen molar-refractivity contribution in [3.8, 4) is 0 Å². The largest absolute Gasteiger partial charge is 0.316 e. The minimum Gasteiger partial charge on any atom is -0.316 e. The van der Waals surface area contributed by atoms with Gasteiger partial charge >= 0.3 is 0 Å². The van der Waals surface area contributed by atoms with Gasteiger partial charge in [0.1, 0.15) is 0 Å². The molecule has 2 heterocycles. The first-order valence-corrected chi connectivity index (χ1v) is 8.35. The Bertz CT molecular complexity index is 448. The highest BCUT2D eigenvalue weighted by molar-refractivity contribution is 5.27. The Morgan fingerprint density at radius 2 is 1.65 bits per heavy atom. The maximum absolute atomic E-state index is 3.59. The highest BCUT2D eigenvalue weighted by Crippen LogP contribution is 2.52. The maximum atomic E-state index is 3.59. The molecule has 1 aromatic carbocycles. The molecule has 0 radical (unpaired) electrons. The van der Waals surface area contributed by atoms with Gasteiger partial charge < -0.3 is 5.32 Å². The molecule has 1 saturated carbocycles. The predicted octanol–water partition coefficient (Wildman–Crippen LogP) is 3.14. The minimum atomic E-state index is 0.355. The molecule has 2 aliphatic heterocycles. The summed E-state index contributed by atoms with van der Waals surface area (Å²) >= 11 is 0. The van der Waals surface area contributed by atoms with Gasteiger partial charge in [-0.2, -0.15) is 0 Å². The number of nitrogens with one attached hydrogen (secondary N) is 1. The Hall–Kier alpha value is -0.860. The molecule has 20 heavy (non-hydrogen) atoms. The summed E-state index contributed by atoms with van der Waals surface area (Å²) in [5, 5.41) is 3.59. The summed E-state index contributed by atoms with van der Waals surface area (Å²) in [5.41, 5.74) is 2.55. The second kappa shape index (κ2) is 4.85. The van der Waals surface area contributed by atoms with Crippen LogP contribution in [0.15, 0.2) is 30.3 Å². The first-order chi connectivity index (χ1) is 9.83. The maximum Gasteiger partial charge on any atom is 0.0461 e. The van der Waals surface area contributed by atoms with Crippen molar-refractivity contribution in [1.82, 2.24) is 10.2 Å². The Kier molecular flexibility index (Phi) is 3.12. The van der Waals surface area contributed by atoms with E-state index in [0.717, 1.165) is 0 Å². The zero-order valence-corrected chi connectivity index (χ0v) is 12.4. The monoisotopic (exact) mass is 270 g/mol. The number of nitrogens with zero attached hydrogens (tertiary/aromatic N) is 1. The number of hydrogen-bond acceptors (Lipinski definition) is 2. The first kappa shape index (κ1) is 12.8. The van der Waals surface area contributed by atoms with E-state index in [1.807, 2.05) is 0 Å². The second-order valence-electron chi connectivity index (χ2n) is 7.16. The van der Waals surface area contributed by atoms with Crippen LogP contribution in [0.25, 0.3) is 0 Å². The normalized spacial score (nSPS) is 38.0. The Labute approximate surface area is 122 Å². The molecule has 0 unspecified atom stereocenters. The highest BCUT2D eigenvalue weighted by atomic mass is 15.2. The van der Waals surface area contributed by atoms with Crippen molar-refractivity contribution in [2.24, 2.45) is 5.41 Å². The molecule has 0 amide bonds. The zero-order chi connectivity index (χ0) is 13.5. The lowest BCUT2D eigenvalue weighted by molar-refractivity contribution is -0.0297. The van der Waals surface area contributed by atoms with Gasteiger partial charge in [0.15, 0.2) is 0 Å². The van der Waals surface area contributed by atoms with Crippen LogP contribution < -0.4 is 5.32 Å². The molecule has 1 aromatic rings. The van der Waals surface area contributed by atoms with Crippen molar-refractivity contribution >= 4 is 0 Å². The first-order valence-electron chi connectivity index (χ1n) is 8.35. The van der Waals surface area contributed by atoms with Crippen molar-refractivity contribution in [1.29, 1.82) is 0 Å². The van der Waals surface area contributed by atoms with E-state index in [1.54, 1.807) is 5.56 Å². The van der Waals surface area contributed by atoms with E-state index in [2.05, 4.69) is 40.5 Å². The number of rotatable bonds is 2. The van der Waals surface area contributed by atoms with Gasteiger partial charge in [0, 0.05) is 25.2 Å². The minimum absolute atomic E-state index is 0.355. The third-order valence-electron chi connectivity index (χ3n) is 6.24. The molecule has 108 valence electrons. The fourth-order valence-corrected chi connectivity index (χ4v) is 4.70. The van der Waals surface area contributed by atoms with Gasteiger partial charge in [0.25, 0.3) is 0 Å². The van der Waals surface area contributed by atoms with Crippen molar-refractivity contribution in [3.63, 3.8) is 0 Å². The van der Waals surface area contributed by atoms with Crippen molar-refractivity contribution in [3.05, 3.63) is 35.9 Å². The van der Waals surface area contributed by atoms with E-state index in [9.17, 15) is 0 Å². The van der Waals surface area contributed by atoms with E-state index in [4.69, 9.17) is 0 Å². The molecule has 2 saturated heterocycles. The summed E-state index contributed by atoms with van der Waals surface area (Å²) < 4.78 is 0.